The Kier molecular flexibility index (Phi) is 4.16. The van der Waals surface area contributed by atoms with Gasteiger partial charge in [0, 0.05) is 13.1 Å². The lowest BCUT2D eigenvalue weighted by Crippen LogP contribution is -2.37. The van der Waals surface area contributed by atoms with E-state index in [2.05, 4.69) is 17.0 Å². The molecule has 1 amide bonds. The summed E-state index contributed by atoms with van der Waals surface area (Å²) in [4.78, 5) is 18.8. The third-order valence-electron chi connectivity index (χ3n) is 4.84. The van der Waals surface area contributed by atoms with Crippen molar-refractivity contribution < 1.29 is 22.4 Å². The number of piperidine rings is 1. The Labute approximate surface area is 152 Å². The Morgan fingerprint density at radius 1 is 1.30 bits per heavy atom. The van der Waals surface area contributed by atoms with E-state index in [9.17, 15) is 18.0 Å². The number of hydrogen-bond donors (Lipinski definition) is 0. The van der Waals surface area contributed by atoms with Gasteiger partial charge in [0.15, 0.2) is 17.1 Å². The van der Waals surface area contributed by atoms with Crippen molar-refractivity contribution in [3.63, 3.8) is 0 Å². The second-order valence-electron chi connectivity index (χ2n) is 6.77. The van der Waals surface area contributed by atoms with Crippen molar-refractivity contribution in [3.05, 3.63) is 41.9 Å². The number of amides is 1. The number of rotatable bonds is 2. The van der Waals surface area contributed by atoms with E-state index in [1.165, 1.54) is 12.3 Å². The van der Waals surface area contributed by atoms with E-state index >= 15 is 0 Å². The van der Waals surface area contributed by atoms with Crippen LogP contribution in [0.5, 0.6) is 0 Å². The lowest BCUT2D eigenvalue weighted by molar-refractivity contribution is -0.142. The van der Waals surface area contributed by atoms with Crippen LogP contribution in [-0.4, -0.2) is 38.5 Å². The first-order valence-electron chi connectivity index (χ1n) is 8.63. The summed E-state index contributed by atoms with van der Waals surface area (Å²) in [5.41, 5.74) is -1.07. The van der Waals surface area contributed by atoms with E-state index in [4.69, 9.17) is 4.42 Å². The van der Waals surface area contributed by atoms with Crippen LogP contribution >= 0.6 is 0 Å². The molecule has 0 aromatic carbocycles. The maximum Gasteiger partial charge on any atom is 0.433 e. The predicted octanol–water partition coefficient (Wildman–Crippen LogP) is 3.88. The topological polar surface area (TPSA) is 63.6 Å². The zero-order valence-corrected chi connectivity index (χ0v) is 14.5. The summed E-state index contributed by atoms with van der Waals surface area (Å²) in [6.07, 6.45) is -0.418. The molecule has 0 spiro atoms. The lowest BCUT2D eigenvalue weighted by Gasteiger charge is -2.30. The highest BCUT2D eigenvalue weighted by atomic mass is 19.4. The van der Waals surface area contributed by atoms with Crippen molar-refractivity contribution >= 4 is 11.6 Å². The SMILES string of the molecule is CC1CCN(C(=O)c2cnn3c(C(F)(F)F)cc(-c4ccco4)nc23)CC1. The van der Waals surface area contributed by atoms with Crippen LogP contribution in [0.15, 0.2) is 35.1 Å². The molecular formula is C18H17F3N4O2. The van der Waals surface area contributed by atoms with Crippen molar-refractivity contribution in [1.82, 2.24) is 19.5 Å². The third kappa shape index (κ3) is 3.17. The van der Waals surface area contributed by atoms with Crippen LogP contribution in [0, 0.1) is 5.92 Å². The van der Waals surface area contributed by atoms with Gasteiger partial charge in [-0.25, -0.2) is 9.50 Å². The van der Waals surface area contributed by atoms with Crippen molar-refractivity contribution in [2.75, 3.05) is 13.1 Å². The summed E-state index contributed by atoms with van der Waals surface area (Å²) in [5, 5.41) is 3.79. The zero-order valence-electron chi connectivity index (χ0n) is 14.5. The molecule has 1 aliphatic heterocycles. The molecule has 4 heterocycles. The number of halogens is 3. The number of furan rings is 1. The van der Waals surface area contributed by atoms with E-state index in [0.29, 0.717) is 23.5 Å². The number of nitrogens with zero attached hydrogens (tertiary/aromatic N) is 4. The Morgan fingerprint density at radius 2 is 2.04 bits per heavy atom. The van der Waals surface area contributed by atoms with E-state index in [-0.39, 0.29) is 28.6 Å². The molecule has 1 aliphatic rings. The van der Waals surface area contributed by atoms with Crippen molar-refractivity contribution in [2.24, 2.45) is 5.92 Å². The van der Waals surface area contributed by atoms with E-state index in [1.54, 1.807) is 11.0 Å². The summed E-state index contributed by atoms with van der Waals surface area (Å²) in [5.74, 6) is 0.363. The molecule has 0 bridgehead atoms. The fraction of sp³-hybridized carbons (Fsp3) is 0.389. The van der Waals surface area contributed by atoms with Crippen LogP contribution in [-0.2, 0) is 6.18 Å². The second kappa shape index (κ2) is 6.40. The maximum absolute atomic E-state index is 13.5. The summed E-state index contributed by atoms with van der Waals surface area (Å²) in [6, 6.07) is 3.95. The molecule has 0 N–H and O–H groups in total. The smallest absolute Gasteiger partial charge is 0.433 e. The number of aromatic nitrogens is 3. The highest BCUT2D eigenvalue weighted by Gasteiger charge is 2.36. The van der Waals surface area contributed by atoms with Gasteiger partial charge in [0.25, 0.3) is 5.91 Å². The molecule has 9 heteroatoms. The fourth-order valence-corrected chi connectivity index (χ4v) is 3.25. The summed E-state index contributed by atoms with van der Waals surface area (Å²) in [7, 11) is 0. The van der Waals surface area contributed by atoms with Gasteiger partial charge >= 0.3 is 6.18 Å². The van der Waals surface area contributed by atoms with Crippen LogP contribution in [0.4, 0.5) is 13.2 Å². The van der Waals surface area contributed by atoms with Crippen LogP contribution in [0.25, 0.3) is 17.1 Å². The number of carbonyl (C=O) groups is 1. The van der Waals surface area contributed by atoms with Crippen LogP contribution < -0.4 is 0 Å². The van der Waals surface area contributed by atoms with Gasteiger partial charge in [0.1, 0.15) is 11.3 Å². The monoisotopic (exact) mass is 378 g/mol. The molecule has 3 aromatic heterocycles. The molecule has 3 aromatic rings. The zero-order chi connectivity index (χ0) is 19.2. The number of carbonyl (C=O) groups excluding carboxylic acids is 1. The molecule has 142 valence electrons. The standard InChI is InChI=1S/C18H17F3N4O2/c1-11-4-6-24(7-5-11)17(26)12-10-22-25-15(18(19,20)21)9-13(23-16(12)25)14-3-2-8-27-14/h2-3,8-11H,4-7H2,1H3. The first kappa shape index (κ1) is 17.6. The molecule has 6 nitrogen and oxygen atoms in total. The normalized spacial score (nSPS) is 16.2. The van der Waals surface area contributed by atoms with Gasteiger partial charge in [-0.05, 0) is 37.0 Å². The molecule has 27 heavy (non-hydrogen) atoms. The molecule has 0 atom stereocenters. The van der Waals surface area contributed by atoms with E-state index in [0.717, 1.165) is 25.1 Å². The Balaban J connectivity index is 1.83. The largest absolute Gasteiger partial charge is 0.463 e. The molecule has 0 saturated carbocycles. The van der Waals surface area contributed by atoms with Crippen molar-refractivity contribution in [1.29, 1.82) is 0 Å². The van der Waals surface area contributed by atoms with Gasteiger partial charge in [-0.1, -0.05) is 6.92 Å². The van der Waals surface area contributed by atoms with Crippen LogP contribution in [0.2, 0.25) is 0 Å². The fourth-order valence-electron chi connectivity index (χ4n) is 3.25. The van der Waals surface area contributed by atoms with Gasteiger partial charge in [0.05, 0.1) is 12.5 Å². The molecule has 0 radical (unpaired) electrons. The number of alkyl halides is 3. The van der Waals surface area contributed by atoms with Crippen molar-refractivity contribution in [3.8, 4) is 11.5 Å². The first-order valence-corrected chi connectivity index (χ1v) is 8.63. The molecule has 1 saturated heterocycles. The summed E-state index contributed by atoms with van der Waals surface area (Å²) < 4.78 is 46.5. The number of fused-ring (bicyclic) bond motifs is 1. The summed E-state index contributed by atoms with van der Waals surface area (Å²) >= 11 is 0. The van der Waals surface area contributed by atoms with E-state index in [1.807, 2.05) is 0 Å². The van der Waals surface area contributed by atoms with Gasteiger partial charge in [0.2, 0.25) is 0 Å². The minimum Gasteiger partial charge on any atom is -0.463 e. The molecule has 0 aliphatic carbocycles. The molecule has 0 unspecified atom stereocenters. The van der Waals surface area contributed by atoms with Gasteiger partial charge in [-0.2, -0.15) is 18.3 Å². The third-order valence-corrected chi connectivity index (χ3v) is 4.84. The molecule has 1 fully saturated rings. The van der Waals surface area contributed by atoms with Crippen molar-refractivity contribution in [2.45, 2.75) is 25.9 Å². The number of hydrogen-bond acceptors (Lipinski definition) is 4. The predicted molar refractivity (Wildman–Crippen MR) is 90.0 cm³/mol. The Morgan fingerprint density at radius 3 is 2.67 bits per heavy atom. The van der Waals surface area contributed by atoms with Gasteiger partial charge < -0.3 is 9.32 Å². The van der Waals surface area contributed by atoms with E-state index < -0.39 is 11.9 Å². The average Bonchev–Trinajstić information content (AvgIpc) is 3.30. The van der Waals surface area contributed by atoms with Gasteiger partial charge in [-0.15, -0.1) is 0 Å². The minimum atomic E-state index is -4.66. The van der Waals surface area contributed by atoms with Gasteiger partial charge in [-0.3, -0.25) is 4.79 Å². The molecule has 4 rings (SSSR count). The second-order valence-corrected chi connectivity index (χ2v) is 6.77. The minimum absolute atomic E-state index is 0.00152. The Hall–Kier alpha value is -2.84. The molecular weight excluding hydrogens is 361 g/mol. The lowest BCUT2D eigenvalue weighted by atomic mass is 9.99. The number of likely N-dealkylation sites (tertiary alicyclic amines) is 1. The summed E-state index contributed by atoms with van der Waals surface area (Å²) in [6.45, 7) is 3.26. The average molecular weight is 378 g/mol. The maximum atomic E-state index is 13.5. The van der Waals surface area contributed by atoms with Crippen LogP contribution in [0.1, 0.15) is 35.8 Å². The first-order chi connectivity index (χ1) is 12.8. The highest BCUT2D eigenvalue weighted by molar-refractivity contribution is 6.00. The Bertz CT molecular complexity index is 971. The highest BCUT2D eigenvalue weighted by Crippen LogP contribution is 2.33. The quantitative estimate of drug-likeness (QED) is 0.679. The van der Waals surface area contributed by atoms with Crippen LogP contribution in [0.3, 0.4) is 0 Å².